The van der Waals surface area contributed by atoms with E-state index >= 15 is 0 Å². The highest BCUT2D eigenvalue weighted by atomic mass is 19.3. The third kappa shape index (κ3) is 2.18. The largest absolute Gasteiger partial charge is 0.319 e. The van der Waals surface area contributed by atoms with Gasteiger partial charge in [-0.25, -0.2) is 17.6 Å². The molecule has 72 valence electrons. The lowest BCUT2D eigenvalue weighted by atomic mass is 10.1. The zero-order chi connectivity index (χ0) is 10.0. The number of hydrogen-bond donors (Lipinski definition) is 1. The van der Waals surface area contributed by atoms with E-state index in [1.54, 1.807) is 0 Å². The Hall–Kier alpha value is -1.10. The Morgan fingerprint density at radius 1 is 1.08 bits per heavy atom. The van der Waals surface area contributed by atoms with Crippen molar-refractivity contribution < 1.29 is 17.6 Å². The summed E-state index contributed by atoms with van der Waals surface area (Å²) < 4.78 is 48.9. The van der Waals surface area contributed by atoms with Crippen molar-refractivity contribution in [3.8, 4) is 0 Å². The minimum absolute atomic E-state index is 0.117. The van der Waals surface area contributed by atoms with Gasteiger partial charge in [-0.3, -0.25) is 0 Å². The van der Waals surface area contributed by atoms with Gasteiger partial charge >= 0.3 is 0 Å². The van der Waals surface area contributed by atoms with Crippen molar-refractivity contribution >= 4 is 0 Å². The van der Waals surface area contributed by atoms with Crippen LogP contribution in [0, 0.1) is 11.6 Å². The Bertz CT molecular complexity index is 300. The fraction of sp³-hybridized carbons (Fsp3) is 0.250. The molecular weight excluding hydrogens is 186 g/mol. The Morgan fingerprint density at radius 2 is 1.69 bits per heavy atom. The summed E-state index contributed by atoms with van der Waals surface area (Å²) in [5.41, 5.74) is 4.90. The Labute approximate surface area is 72.2 Å². The lowest BCUT2D eigenvalue weighted by molar-refractivity contribution is 0.116. The van der Waals surface area contributed by atoms with Gasteiger partial charge in [0.25, 0.3) is 6.43 Å². The zero-order valence-corrected chi connectivity index (χ0v) is 6.48. The molecule has 0 saturated heterocycles. The van der Waals surface area contributed by atoms with Gasteiger partial charge in [0.05, 0.1) is 6.04 Å². The number of benzene rings is 1. The molecule has 0 radical (unpaired) electrons. The lowest BCUT2D eigenvalue weighted by Gasteiger charge is -2.10. The van der Waals surface area contributed by atoms with E-state index in [1.807, 2.05) is 0 Å². The molecule has 13 heavy (non-hydrogen) atoms. The quantitative estimate of drug-likeness (QED) is 0.716. The maximum atomic E-state index is 12.5. The molecule has 1 rings (SSSR count). The van der Waals surface area contributed by atoms with Gasteiger partial charge in [-0.2, -0.15) is 0 Å². The van der Waals surface area contributed by atoms with Crippen molar-refractivity contribution in [3.05, 3.63) is 35.4 Å². The molecule has 0 amide bonds. The van der Waals surface area contributed by atoms with Crippen molar-refractivity contribution in [2.45, 2.75) is 12.5 Å². The molecule has 0 aromatic heterocycles. The summed E-state index contributed by atoms with van der Waals surface area (Å²) in [6.07, 6.45) is -2.79. The van der Waals surface area contributed by atoms with E-state index in [4.69, 9.17) is 5.73 Å². The normalized spacial score (nSPS) is 13.4. The maximum Gasteiger partial charge on any atom is 0.257 e. The molecule has 0 saturated carbocycles. The molecule has 0 spiro atoms. The third-order valence-electron chi connectivity index (χ3n) is 1.60. The van der Waals surface area contributed by atoms with Crippen LogP contribution in [-0.2, 0) is 0 Å². The van der Waals surface area contributed by atoms with Crippen LogP contribution in [0.2, 0.25) is 0 Å². The Balaban J connectivity index is 2.97. The average Bonchev–Trinajstić information content (AvgIpc) is 2.08. The van der Waals surface area contributed by atoms with Crippen LogP contribution in [-0.4, -0.2) is 6.43 Å². The average molecular weight is 193 g/mol. The van der Waals surface area contributed by atoms with Crippen LogP contribution in [0.4, 0.5) is 17.6 Å². The van der Waals surface area contributed by atoms with Crippen molar-refractivity contribution in [1.82, 2.24) is 0 Å². The first-order valence-electron chi connectivity index (χ1n) is 3.51. The van der Waals surface area contributed by atoms with Crippen LogP contribution in [0.1, 0.15) is 11.6 Å². The van der Waals surface area contributed by atoms with Gasteiger partial charge in [-0.1, -0.05) is 6.07 Å². The molecule has 1 aromatic carbocycles. The van der Waals surface area contributed by atoms with Gasteiger partial charge < -0.3 is 5.73 Å². The first kappa shape index (κ1) is 9.98. The van der Waals surface area contributed by atoms with E-state index in [2.05, 4.69) is 0 Å². The minimum Gasteiger partial charge on any atom is -0.319 e. The number of alkyl halides is 2. The van der Waals surface area contributed by atoms with Crippen molar-refractivity contribution in [2.24, 2.45) is 5.73 Å². The number of rotatable bonds is 2. The Kier molecular flexibility index (Phi) is 2.87. The second-order valence-corrected chi connectivity index (χ2v) is 2.53. The van der Waals surface area contributed by atoms with Crippen molar-refractivity contribution in [3.63, 3.8) is 0 Å². The third-order valence-corrected chi connectivity index (χ3v) is 1.60. The highest BCUT2D eigenvalue weighted by Crippen LogP contribution is 2.19. The Morgan fingerprint density at radius 3 is 2.15 bits per heavy atom. The molecule has 0 heterocycles. The molecule has 0 aliphatic rings. The molecule has 5 heteroatoms. The molecule has 1 aromatic rings. The molecule has 0 aliphatic heterocycles. The van der Waals surface area contributed by atoms with Crippen LogP contribution < -0.4 is 5.73 Å². The summed E-state index contributed by atoms with van der Waals surface area (Å²) in [6.45, 7) is 0. The molecule has 1 nitrogen and oxygen atoms in total. The van der Waals surface area contributed by atoms with E-state index in [1.165, 1.54) is 0 Å². The summed E-state index contributed by atoms with van der Waals surface area (Å²) in [5.74, 6) is -2.25. The first-order valence-corrected chi connectivity index (χ1v) is 3.51. The smallest absolute Gasteiger partial charge is 0.257 e. The highest BCUT2D eigenvalue weighted by molar-refractivity contribution is 5.21. The van der Waals surface area contributed by atoms with Crippen molar-refractivity contribution in [2.75, 3.05) is 0 Å². The summed E-state index contributed by atoms with van der Waals surface area (Å²) >= 11 is 0. The molecular formula is C8H7F4N. The second kappa shape index (κ2) is 3.74. The number of hydrogen-bond acceptors (Lipinski definition) is 1. The lowest BCUT2D eigenvalue weighted by Crippen LogP contribution is -2.19. The van der Waals surface area contributed by atoms with Crippen LogP contribution in [0.5, 0.6) is 0 Å². The number of halogens is 4. The van der Waals surface area contributed by atoms with Gasteiger partial charge in [0.15, 0.2) is 11.6 Å². The minimum atomic E-state index is -2.79. The van der Waals surface area contributed by atoms with Crippen molar-refractivity contribution in [1.29, 1.82) is 0 Å². The van der Waals surface area contributed by atoms with E-state index < -0.39 is 24.1 Å². The summed E-state index contributed by atoms with van der Waals surface area (Å²) in [4.78, 5) is 0. The fourth-order valence-corrected chi connectivity index (χ4v) is 0.865. The van der Waals surface area contributed by atoms with Gasteiger partial charge in [-0.15, -0.1) is 0 Å². The molecule has 2 N–H and O–H groups in total. The number of nitrogens with two attached hydrogens (primary N) is 1. The highest BCUT2D eigenvalue weighted by Gasteiger charge is 2.18. The second-order valence-electron chi connectivity index (χ2n) is 2.53. The van der Waals surface area contributed by atoms with E-state index in [0.29, 0.717) is 6.07 Å². The van der Waals surface area contributed by atoms with Gasteiger partial charge in [0.1, 0.15) is 0 Å². The fourth-order valence-electron chi connectivity index (χ4n) is 0.865. The van der Waals surface area contributed by atoms with Gasteiger partial charge in [0.2, 0.25) is 0 Å². The van der Waals surface area contributed by atoms with Crippen LogP contribution in [0.15, 0.2) is 18.2 Å². The van der Waals surface area contributed by atoms with Crippen LogP contribution in [0.25, 0.3) is 0 Å². The first-order chi connectivity index (χ1) is 6.02. The molecule has 0 unspecified atom stereocenters. The standard InChI is InChI=1S/C8H7F4N/c9-5-2-1-4(3-6(5)10)7(13)8(11)12/h1-3,7-8H,13H2/t7-/m0/s1. The van der Waals surface area contributed by atoms with Gasteiger partial charge in [0, 0.05) is 0 Å². The summed E-state index contributed by atoms with van der Waals surface area (Å²) in [5, 5.41) is 0. The topological polar surface area (TPSA) is 26.0 Å². The van der Waals surface area contributed by atoms with Crippen LogP contribution in [0.3, 0.4) is 0 Å². The monoisotopic (exact) mass is 193 g/mol. The predicted molar refractivity (Wildman–Crippen MR) is 39.3 cm³/mol. The molecule has 0 aliphatic carbocycles. The molecule has 1 atom stereocenters. The summed E-state index contributed by atoms with van der Waals surface area (Å²) in [6, 6.07) is 0.906. The SMILES string of the molecule is N[C@@H](c1ccc(F)c(F)c1)C(F)F. The van der Waals surface area contributed by atoms with E-state index in [9.17, 15) is 17.6 Å². The molecule has 0 fully saturated rings. The van der Waals surface area contributed by atoms with Gasteiger partial charge in [-0.05, 0) is 17.7 Å². The molecule has 0 bridgehead atoms. The van der Waals surface area contributed by atoms with Crippen LogP contribution >= 0.6 is 0 Å². The summed E-state index contributed by atoms with van der Waals surface area (Å²) in [7, 11) is 0. The zero-order valence-electron chi connectivity index (χ0n) is 6.48. The maximum absolute atomic E-state index is 12.5. The predicted octanol–water partition coefficient (Wildman–Crippen LogP) is 2.23. The van der Waals surface area contributed by atoms with E-state index in [0.717, 1.165) is 12.1 Å². The van der Waals surface area contributed by atoms with E-state index in [-0.39, 0.29) is 5.56 Å².